The van der Waals surface area contributed by atoms with Crippen molar-refractivity contribution >= 4 is 56.4 Å². The second-order valence-corrected chi connectivity index (χ2v) is 5.76. The van der Waals surface area contributed by atoms with Crippen molar-refractivity contribution in [2.45, 2.75) is 6.42 Å². The van der Waals surface area contributed by atoms with Crippen LogP contribution in [0.2, 0.25) is 5.02 Å². The lowest BCUT2D eigenvalue weighted by molar-refractivity contribution is -0.384. The Bertz CT molecular complexity index is 553. The molecule has 1 atom stereocenters. The molecule has 0 radical (unpaired) electrons. The predicted molar refractivity (Wildman–Crippen MR) is 77.0 cm³/mol. The molecule has 1 aromatic rings. The summed E-state index contributed by atoms with van der Waals surface area (Å²) in [5, 5.41) is 11.1. The molecule has 1 aliphatic rings. The number of amides is 1. The average Bonchev–Trinajstić information content (AvgIpc) is 2.73. The van der Waals surface area contributed by atoms with Crippen LogP contribution in [0.4, 0.5) is 11.4 Å². The number of hydrogen-bond donors (Lipinski definition) is 0. The van der Waals surface area contributed by atoms with Crippen LogP contribution >= 0.6 is 39.1 Å². The summed E-state index contributed by atoms with van der Waals surface area (Å²) in [6, 6.07) is 3.11. The first-order valence-corrected chi connectivity index (χ1v) is 7.15. The van der Waals surface area contributed by atoms with Crippen LogP contribution in [0.5, 0.6) is 0 Å². The fraction of sp³-hybridized carbons (Fsp3) is 0.364. The number of alkyl halides is 1. The second kappa shape index (κ2) is 5.64. The third-order valence-electron chi connectivity index (χ3n) is 2.94. The molecular formula is C11H9BrCl2N2O3. The Morgan fingerprint density at radius 2 is 2.21 bits per heavy atom. The molecule has 2 rings (SSSR count). The van der Waals surface area contributed by atoms with Gasteiger partial charge in [-0.15, -0.1) is 11.6 Å². The van der Waals surface area contributed by atoms with Gasteiger partial charge in [0.15, 0.2) is 0 Å². The van der Waals surface area contributed by atoms with Gasteiger partial charge >= 0.3 is 5.69 Å². The fourth-order valence-corrected chi connectivity index (χ4v) is 2.79. The first-order valence-electron chi connectivity index (χ1n) is 5.44. The molecule has 8 heteroatoms. The smallest absolute Gasteiger partial charge is 0.306 e. The molecule has 0 spiro atoms. The van der Waals surface area contributed by atoms with Crippen molar-refractivity contribution < 1.29 is 9.72 Å². The normalized spacial score (nSPS) is 19.0. The standard InChI is InChI=1S/C11H9BrCl2N2O3/c12-7-1-2-8(11(10(7)14)16(18)19)15-5-6(4-13)3-9(15)17/h1-2,6H,3-5H2. The number of rotatable bonds is 3. The monoisotopic (exact) mass is 366 g/mol. The lowest BCUT2D eigenvalue weighted by Gasteiger charge is -2.17. The van der Waals surface area contributed by atoms with Crippen LogP contribution in [0.15, 0.2) is 16.6 Å². The minimum atomic E-state index is -0.580. The van der Waals surface area contributed by atoms with Gasteiger partial charge in [0.25, 0.3) is 0 Å². The van der Waals surface area contributed by atoms with E-state index in [1.54, 1.807) is 6.07 Å². The Morgan fingerprint density at radius 1 is 1.53 bits per heavy atom. The molecule has 1 unspecified atom stereocenters. The van der Waals surface area contributed by atoms with Gasteiger partial charge in [0, 0.05) is 23.3 Å². The van der Waals surface area contributed by atoms with E-state index in [1.165, 1.54) is 11.0 Å². The van der Waals surface area contributed by atoms with E-state index in [4.69, 9.17) is 23.2 Å². The van der Waals surface area contributed by atoms with Gasteiger partial charge in [0.2, 0.25) is 5.91 Å². The highest BCUT2D eigenvalue weighted by Crippen LogP contribution is 2.41. The van der Waals surface area contributed by atoms with Gasteiger partial charge in [-0.3, -0.25) is 14.9 Å². The third-order valence-corrected chi connectivity index (χ3v) is 4.65. The van der Waals surface area contributed by atoms with Gasteiger partial charge in [0.1, 0.15) is 10.7 Å². The summed E-state index contributed by atoms with van der Waals surface area (Å²) in [5.41, 5.74) is -0.0459. The Morgan fingerprint density at radius 3 is 2.74 bits per heavy atom. The van der Waals surface area contributed by atoms with Crippen LogP contribution in [-0.4, -0.2) is 23.3 Å². The third kappa shape index (κ3) is 2.70. The highest BCUT2D eigenvalue weighted by Gasteiger charge is 2.35. The summed E-state index contributed by atoms with van der Waals surface area (Å²) in [5.74, 6) is 0.184. The molecule has 102 valence electrons. The molecular weight excluding hydrogens is 359 g/mol. The van der Waals surface area contributed by atoms with Crippen molar-refractivity contribution in [1.29, 1.82) is 0 Å². The van der Waals surface area contributed by atoms with Gasteiger partial charge < -0.3 is 4.90 Å². The summed E-state index contributed by atoms with van der Waals surface area (Å²) in [6.45, 7) is 0.376. The zero-order valence-corrected chi connectivity index (χ0v) is 12.7. The van der Waals surface area contributed by atoms with E-state index < -0.39 is 4.92 Å². The Kier molecular flexibility index (Phi) is 4.32. The number of nitro groups is 1. The molecule has 5 nitrogen and oxygen atoms in total. The molecule has 0 N–H and O–H groups in total. The Hall–Kier alpha value is -0.850. The number of halogens is 3. The maximum absolute atomic E-state index is 11.9. The summed E-state index contributed by atoms with van der Waals surface area (Å²) in [7, 11) is 0. The van der Waals surface area contributed by atoms with Crippen molar-refractivity contribution in [1.82, 2.24) is 0 Å². The summed E-state index contributed by atoms with van der Waals surface area (Å²) < 4.78 is 0.421. The number of hydrogen-bond acceptors (Lipinski definition) is 3. The molecule has 0 aromatic heterocycles. The molecule has 19 heavy (non-hydrogen) atoms. The first kappa shape index (κ1) is 14.6. The maximum Gasteiger partial charge on any atom is 0.312 e. The van der Waals surface area contributed by atoms with Gasteiger partial charge in [-0.25, -0.2) is 0 Å². The quantitative estimate of drug-likeness (QED) is 0.465. The van der Waals surface area contributed by atoms with Crippen LogP contribution in [0, 0.1) is 16.0 Å². The summed E-state index contributed by atoms with van der Waals surface area (Å²) in [6.07, 6.45) is 0.300. The van der Waals surface area contributed by atoms with E-state index >= 15 is 0 Å². The van der Waals surface area contributed by atoms with Crippen molar-refractivity contribution in [3.05, 3.63) is 31.7 Å². The van der Waals surface area contributed by atoms with E-state index in [0.717, 1.165) is 0 Å². The van der Waals surface area contributed by atoms with Crippen LogP contribution in [0.1, 0.15) is 6.42 Å². The van der Waals surface area contributed by atoms with Gasteiger partial charge in [0.05, 0.1) is 4.92 Å². The minimum absolute atomic E-state index is 0.00961. The molecule has 0 aliphatic carbocycles. The predicted octanol–water partition coefficient (Wildman–Crippen LogP) is 3.60. The van der Waals surface area contributed by atoms with E-state index in [1.807, 2.05) is 0 Å². The average molecular weight is 368 g/mol. The van der Waals surface area contributed by atoms with Crippen LogP contribution in [0.3, 0.4) is 0 Å². The second-order valence-electron chi connectivity index (χ2n) is 4.22. The zero-order valence-electron chi connectivity index (χ0n) is 9.61. The van der Waals surface area contributed by atoms with Gasteiger partial charge in [-0.1, -0.05) is 11.6 Å². The highest BCUT2D eigenvalue weighted by atomic mass is 79.9. The van der Waals surface area contributed by atoms with Crippen LogP contribution in [-0.2, 0) is 4.79 Å². The Labute approximate surface area is 127 Å². The number of carbonyl (C=O) groups is 1. The zero-order chi connectivity index (χ0) is 14.2. The highest BCUT2D eigenvalue weighted by molar-refractivity contribution is 9.10. The molecule has 0 bridgehead atoms. The van der Waals surface area contributed by atoms with Gasteiger partial charge in [-0.2, -0.15) is 0 Å². The number of anilines is 1. The topological polar surface area (TPSA) is 63.5 Å². The number of nitrogens with zero attached hydrogens (tertiary/aromatic N) is 2. The maximum atomic E-state index is 11.9. The first-order chi connectivity index (χ1) is 8.95. The molecule has 1 aromatic carbocycles. The van der Waals surface area contributed by atoms with Crippen LogP contribution < -0.4 is 4.90 Å². The minimum Gasteiger partial charge on any atom is -0.306 e. The van der Waals surface area contributed by atoms with E-state index in [0.29, 0.717) is 23.3 Å². The molecule has 1 heterocycles. The fourth-order valence-electron chi connectivity index (χ4n) is 2.04. The molecule has 1 saturated heterocycles. The molecule has 1 fully saturated rings. The van der Waals surface area contributed by atoms with Crippen molar-refractivity contribution in [2.24, 2.45) is 5.92 Å². The van der Waals surface area contributed by atoms with E-state index in [-0.39, 0.29) is 28.2 Å². The van der Waals surface area contributed by atoms with E-state index in [9.17, 15) is 14.9 Å². The van der Waals surface area contributed by atoms with Crippen molar-refractivity contribution in [3.63, 3.8) is 0 Å². The lowest BCUT2D eigenvalue weighted by Crippen LogP contribution is -2.25. The lowest BCUT2D eigenvalue weighted by atomic mass is 10.1. The Balaban J connectivity index is 2.49. The molecule has 1 aliphatic heterocycles. The summed E-state index contributed by atoms with van der Waals surface area (Å²) >= 11 is 14.8. The SMILES string of the molecule is O=C1CC(CCl)CN1c1ccc(Br)c(Cl)c1[N+](=O)[O-]. The number of carbonyl (C=O) groups excluding carboxylic acids is 1. The summed E-state index contributed by atoms with van der Waals surface area (Å²) in [4.78, 5) is 23.8. The van der Waals surface area contributed by atoms with Crippen LogP contribution in [0.25, 0.3) is 0 Å². The largest absolute Gasteiger partial charge is 0.312 e. The number of benzene rings is 1. The molecule has 0 saturated carbocycles. The van der Waals surface area contributed by atoms with Crippen molar-refractivity contribution in [2.75, 3.05) is 17.3 Å². The van der Waals surface area contributed by atoms with E-state index in [2.05, 4.69) is 15.9 Å². The number of nitro benzene ring substituents is 1. The molecule has 1 amide bonds. The van der Waals surface area contributed by atoms with Crippen molar-refractivity contribution in [3.8, 4) is 0 Å². The van der Waals surface area contributed by atoms with Gasteiger partial charge in [-0.05, 0) is 34.0 Å².